The number of pyridine rings is 1. The number of anilines is 3. The van der Waals surface area contributed by atoms with Gasteiger partial charge in [-0.1, -0.05) is 12.1 Å². The molecule has 0 fully saturated rings. The summed E-state index contributed by atoms with van der Waals surface area (Å²) >= 11 is 0. The van der Waals surface area contributed by atoms with Gasteiger partial charge in [0.05, 0.1) is 17.6 Å². The summed E-state index contributed by atoms with van der Waals surface area (Å²) in [6.45, 7) is 3.61. The topological polar surface area (TPSA) is 116 Å². The molecule has 8 nitrogen and oxygen atoms in total. The largest absolute Gasteiger partial charge is 0.382 e. The normalized spacial score (nSPS) is 23.3. The second kappa shape index (κ2) is 7.18. The standard InChI is InChI=1S/C20H18F2N8/c1-11(27-18-13(9-23)17(24)25-10-26-18)19-28-14-7-6-12(21)8-20(14,2)30(19)16-5-3-4-15(22)29-16/h3-8,10-11,14H,1-2H3,(H3,24,25,26,27). The molecule has 0 bridgehead atoms. The molecule has 0 amide bonds. The van der Waals surface area contributed by atoms with Gasteiger partial charge in [0.2, 0.25) is 5.95 Å². The van der Waals surface area contributed by atoms with Crippen LogP contribution in [0.4, 0.5) is 26.2 Å². The number of nitrogens with zero attached hydrogens (tertiary/aromatic N) is 6. The molecule has 10 heteroatoms. The summed E-state index contributed by atoms with van der Waals surface area (Å²) in [5, 5.41) is 12.5. The molecule has 1 aliphatic heterocycles. The molecule has 3 atom stereocenters. The van der Waals surface area contributed by atoms with Crippen molar-refractivity contribution in [2.75, 3.05) is 16.0 Å². The van der Waals surface area contributed by atoms with E-state index in [-0.39, 0.29) is 23.0 Å². The van der Waals surface area contributed by atoms with Crippen molar-refractivity contribution < 1.29 is 8.78 Å². The third-order valence-electron chi connectivity index (χ3n) is 5.11. The van der Waals surface area contributed by atoms with Crippen LogP contribution in [0.3, 0.4) is 0 Å². The van der Waals surface area contributed by atoms with Gasteiger partial charge in [0.15, 0.2) is 0 Å². The lowest BCUT2D eigenvalue weighted by atomic mass is 9.87. The van der Waals surface area contributed by atoms with Crippen LogP contribution in [-0.4, -0.2) is 38.4 Å². The fraction of sp³-hybridized carbons (Fsp3) is 0.250. The average Bonchev–Trinajstić information content (AvgIpc) is 3.00. The average molecular weight is 408 g/mol. The highest BCUT2D eigenvalue weighted by Crippen LogP contribution is 2.39. The number of halogens is 2. The number of nitrogen functional groups attached to an aromatic ring is 1. The number of fused-ring (bicyclic) bond motifs is 1. The van der Waals surface area contributed by atoms with Crippen LogP contribution >= 0.6 is 0 Å². The Morgan fingerprint density at radius 2 is 2.13 bits per heavy atom. The quantitative estimate of drug-likeness (QED) is 0.747. The molecule has 0 spiro atoms. The molecular weight excluding hydrogens is 390 g/mol. The second-order valence-corrected chi connectivity index (χ2v) is 7.16. The van der Waals surface area contributed by atoms with E-state index in [0.717, 1.165) is 0 Å². The van der Waals surface area contributed by atoms with Crippen molar-refractivity contribution in [3.8, 4) is 6.07 Å². The highest BCUT2D eigenvalue weighted by molar-refractivity contribution is 6.06. The monoisotopic (exact) mass is 408 g/mol. The molecule has 3 unspecified atom stereocenters. The Morgan fingerprint density at radius 3 is 2.87 bits per heavy atom. The van der Waals surface area contributed by atoms with Crippen molar-refractivity contribution in [3.63, 3.8) is 0 Å². The lowest BCUT2D eigenvalue weighted by Crippen LogP contribution is -2.53. The van der Waals surface area contributed by atoms with Gasteiger partial charge in [-0.05, 0) is 38.1 Å². The first-order valence-corrected chi connectivity index (χ1v) is 9.17. The van der Waals surface area contributed by atoms with Crippen molar-refractivity contribution in [1.82, 2.24) is 15.0 Å². The Bertz CT molecular complexity index is 1140. The van der Waals surface area contributed by atoms with E-state index in [1.807, 2.05) is 6.07 Å². The minimum Gasteiger partial charge on any atom is -0.382 e. The molecule has 2 aromatic heterocycles. The van der Waals surface area contributed by atoms with Crippen molar-refractivity contribution in [3.05, 3.63) is 60.1 Å². The molecule has 0 aromatic carbocycles. The van der Waals surface area contributed by atoms with Crippen LogP contribution in [0.25, 0.3) is 0 Å². The smallest absolute Gasteiger partial charge is 0.214 e. The maximum atomic E-state index is 14.2. The molecule has 152 valence electrons. The van der Waals surface area contributed by atoms with E-state index in [0.29, 0.717) is 5.84 Å². The Morgan fingerprint density at radius 1 is 1.33 bits per heavy atom. The molecule has 2 aliphatic rings. The SMILES string of the molecule is CC(Nc1ncnc(N)c1C#N)C1=NC2C=CC(F)=CC2(C)N1c1cccc(F)n1. The molecule has 0 saturated heterocycles. The van der Waals surface area contributed by atoms with E-state index in [1.54, 1.807) is 30.9 Å². The van der Waals surface area contributed by atoms with Crippen molar-refractivity contribution in [2.24, 2.45) is 4.99 Å². The summed E-state index contributed by atoms with van der Waals surface area (Å²) < 4.78 is 28.1. The zero-order valence-corrected chi connectivity index (χ0v) is 16.2. The highest BCUT2D eigenvalue weighted by Gasteiger charge is 2.48. The van der Waals surface area contributed by atoms with Crippen molar-refractivity contribution >= 4 is 23.3 Å². The van der Waals surface area contributed by atoms with Crippen LogP contribution in [0.5, 0.6) is 0 Å². The number of aromatic nitrogens is 3. The van der Waals surface area contributed by atoms with Gasteiger partial charge in [-0.25, -0.2) is 19.3 Å². The first kappa shape index (κ1) is 19.4. The Balaban J connectivity index is 1.77. The van der Waals surface area contributed by atoms with E-state index in [9.17, 15) is 14.0 Å². The molecule has 1 aliphatic carbocycles. The van der Waals surface area contributed by atoms with E-state index >= 15 is 0 Å². The van der Waals surface area contributed by atoms with Crippen LogP contribution in [-0.2, 0) is 0 Å². The molecule has 0 radical (unpaired) electrons. The number of amidine groups is 1. The van der Waals surface area contributed by atoms with Gasteiger partial charge in [-0.2, -0.15) is 9.65 Å². The van der Waals surface area contributed by atoms with Crippen LogP contribution < -0.4 is 16.0 Å². The van der Waals surface area contributed by atoms with E-state index in [4.69, 9.17) is 10.7 Å². The first-order chi connectivity index (χ1) is 14.3. The molecule has 3 heterocycles. The molecule has 0 saturated carbocycles. The lowest BCUT2D eigenvalue weighted by Gasteiger charge is -2.39. The second-order valence-electron chi connectivity index (χ2n) is 7.16. The lowest BCUT2D eigenvalue weighted by molar-refractivity contribution is 0.508. The first-order valence-electron chi connectivity index (χ1n) is 9.17. The van der Waals surface area contributed by atoms with Crippen LogP contribution in [0.15, 0.2) is 53.6 Å². The van der Waals surface area contributed by atoms with Crippen molar-refractivity contribution in [1.29, 1.82) is 5.26 Å². The minimum atomic E-state index is -0.923. The summed E-state index contributed by atoms with van der Waals surface area (Å²) in [7, 11) is 0. The number of hydrogen-bond donors (Lipinski definition) is 2. The van der Waals surface area contributed by atoms with Gasteiger partial charge in [0.25, 0.3) is 0 Å². The van der Waals surface area contributed by atoms with Gasteiger partial charge in [0, 0.05) is 0 Å². The van der Waals surface area contributed by atoms with E-state index < -0.39 is 29.4 Å². The van der Waals surface area contributed by atoms with Gasteiger partial charge in [0.1, 0.15) is 47.1 Å². The van der Waals surface area contributed by atoms with E-state index in [1.165, 1.54) is 30.6 Å². The predicted molar refractivity (Wildman–Crippen MR) is 109 cm³/mol. The van der Waals surface area contributed by atoms with Crippen molar-refractivity contribution in [2.45, 2.75) is 31.5 Å². The number of nitrogens with two attached hydrogens (primary N) is 1. The number of nitriles is 1. The summed E-state index contributed by atoms with van der Waals surface area (Å²) in [6.07, 6.45) is 5.70. The van der Waals surface area contributed by atoms with Gasteiger partial charge in [-0.3, -0.25) is 4.99 Å². The van der Waals surface area contributed by atoms with E-state index in [2.05, 4.69) is 20.3 Å². The molecule has 30 heavy (non-hydrogen) atoms. The summed E-state index contributed by atoms with van der Waals surface area (Å²) in [5.74, 6) is -0.0163. The molecule has 2 aromatic rings. The maximum absolute atomic E-state index is 14.2. The number of rotatable bonds is 4. The summed E-state index contributed by atoms with van der Waals surface area (Å²) in [4.78, 5) is 18.3. The zero-order valence-electron chi connectivity index (χ0n) is 16.2. The Kier molecular flexibility index (Phi) is 4.66. The zero-order chi connectivity index (χ0) is 21.5. The molecular formula is C20H18F2N8. The minimum absolute atomic E-state index is 0.0489. The van der Waals surface area contributed by atoms with Crippen LogP contribution in [0.2, 0.25) is 0 Å². The Hall–Kier alpha value is -3.87. The van der Waals surface area contributed by atoms with Crippen LogP contribution in [0, 0.1) is 17.3 Å². The van der Waals surface area contributed by atoms with Gasteiger partial charge in [-0.15, -0.1) is 0 Å². The third-order valence-corrected chi connectivity index (χ3v) is 5.11. The number of allylic oxidation sites excluding steroid dienone is 2. The predicted octanol–water partition coefficient (Wildman–Crippen LogP) is 2.73. The fourth-order valence-corrected chi connectivity index (χ4v) is 3.69. The molecule has 3 N–H and O–H groups in total. The molecule has 4 rings (SSSR count). The van der Waals surface area contributed by atoms with Crippen LogP contribution in [0.1, 0.15) is 19.4 Å². The van der Waals surface area contributed by atoms with Gasteiger partial charge < -0.3 is 16.0 Å². The number of aliphatic imine (C=N–C) groups is 1. The fourth-order valence-electron chi connectivity index (χ4n) is 3.69. The maximum Gasteiger partial charge on any atom is 0.214 e. The Labute approximate surface area is 171 Å². The highest BCUT2D eigenvalue weighted by atomic mass is 19.1. The number of nitrogens with one attached hydrogen (secondary N) is 1. The number of hydrogen-bond acceptors (Lipinski definition) is 8. The van der Waals surface area contributed by atoms with Gasteiger partial charge >= 0.3 is 0 Å². The summed E-state index contributed by atoms with van der Waals surface area (Å²) in [6, 6.07) is 5.46. The third kappa shape index (κ3) is 3.14. The summed E-state index contributed by atoms with van der Waals surface area (Å²) in [5.41, 5.74) is 4.94.